The van der Waals surface area contributed by atoms with E-state index in [1.54, 1.807) is 38.1 Å². The van der Waals surface area contributed by atoms with Gasteiger partial charge in [0.05, 0.1) is 0 Å². The first-order valence-corrected chi connectivity index (χ1v) is 8.77. The van der Waals surface area contributed by atoms with Gasteiger partial charge in [-0.3, -0.25) is 10.1 Å². The molecule has 0 aliphatic carbocycles. The number of aliphatic hydroxyl groups excluding tert-OH is 1. The summed E-state index contributed by atoms with van der Waals surface area (Å²) >= 11 is 0.968. The summed E-state index contributed by atoms with van der Waals surface area (Å²) in [7, 11) is 1.45. The minimum atomic E-state index is -1.40. The molecule has 1 aromatic rings. The smallest absolute Gasteiger partial charge is 0.290 e. The van der Waals surface area contributed by atoms with Crippen molar-refractivity contribution in [1.29, 1.82) is 0 Å². The van der Waals surface area contributed by atoms with Crippen LogP contribution in [-0.4, -0.2) is 59.0 Å². The number of hydrogen-bond acceptors (Lipinski definition) is 8. The average Bonchev–Trinajstić information content (AvgIpc) is 3.05. The van der Waals surface area contributed by atoms with Gasteiger partial charge in [-0.2, -0.15) is 0 Å². The van der Waals surface area contributed by atoms with Gasteiger partial charge in [0.2, 0.25) is 0 Å². The second-order valence-electron chi connectivity index (χ2n) is 6.37. The van der Waals surface area contributed by atoms with Crippen molar-refractivity contribution in [2.24, 2.45) is 0 Å². The van der Waals surface area contributed by atoms with Crippen LogP contribution in [-0.2, 0) is 18.9 Å². The van der Waals surface area contributed by atoms with Gasteiger partial charge in [0, 0.05) is 16.9 Å². The van der Waals surface area contributed by atoms with Gasteiger partial charge >= 0.3 is 0 Å². The summed E-state index contributed by atoms with van der Waals surface area (Å²) in [5.41, 5.74) is 0. The molecule has 2 heterocycles. The summed E-state index contributed by atoms with van der Waals surface area (Å²) in [6.07, 6.45) is -4.27. The number of nitro groups is 1. The average molecular weight is 371 g/mol. The Morgan fingerprint density at radius 2 is 1.92 bits per heavy atom. The number of rotatable bonds is 6. The fraction of sp³-hybridized carbons (Fsp3) is 0.625. The lowest BCUT2D eigenvalue weighted by molar-refractivity contribution is -0.509. The molecule has 0 bridgehead atoms. The van der Waals surface area contributed by atoms with E-state index >= 15 is 0 Å². The van der Waals surface area contributed by atoms with Crippen LogP contribution in [0.2, 0.25) is 0 Å². The number of nitrogens with zero attached hydrogens (tertiary/aromatic N) is 1. The molecule has 9 heteroatoms. The van der Waals surface area contributed by atoms with E-state index in [9.17, 15) is 15.2 Å². The van der Waals surface area contributed by atoms with Crippen LogP contribution >= 0.6 is 11.8 Å². The van der Waals surface area contributed by atoms with Crippen LogP contribution < -0.4 is 0 Å². The van der Waals surface area contributed by atoms with Gasteiger partial charge in [-0.05, 0) is 37.7 Å². The highest BCUT2D eigenvalue weighted by Crippen LogP contribution is 2.41. The first-order valence-electron chi connectivity index (χ1n) is 7.89. The molecule has 0 spiro atoms. The summed E-state index contributed by atoms with van der Waals surface area (Å²) < 4.78 is 22.5. The van der Waals surface area contributed by atoms with Gasteiger partial charge in [0.25, 0.3) is 5.37 Å². The van der Waals surface area contributed by atoms with Gasteiger partial charge in [0.1, 0.15) is 18.3 Å². The van der Waals surface area contributed by atoms with E-state index in [2.05, 4.69) is 0 Å². The Hall–Kier alpha value is -1.23. The Morgan fingerprint density at radius 3 is 2.52 bits per heavy atom. The standard InChI is InChI=1S/C16H21NO7S/c1-16(2)23-12-11(22-15(21-3)13(12)24-16)10(18)14(17(19)20)25-9-7-5-4-6-8-9/h4-8,10-15,18H,1-3H3/t10?,11-,12?,13?,14?,15?/m1/s1. The maximum atomic E-state index is 11.5. The van der Waals surface area contributed by atoms with Crippen LogP contribution in [0.15, 0.2) is 35.2 Å². The molecule has 3 rings (SSSR count). The van der Waals surface area contributed by atoms with Crippen molar-refractivity contribution in [3.8, 4) is 0 Å². The summed E-state index contributed by atoms with van der Waals surface area (Å²) in [6, 6.07) is 8.89. The van der Waals surface area contributed by atoms with Crippen LogP contribution in [0.5, 0.6) is 0 Å². The zero-order valence-electron chi connectivity index (χ0n) is 14.1. The highest BCUT2D eigenvalue weighted by molar-refractivity contribution is 7.99. The SMILES string of the molecule is COC1O[C@H](C(O)C(Sc2ccccc2)[N+](=O)[O-])C2OC(C)(C)OC12. The molecule has 8 nitrogen and oxygen atoms in total. The lowest BCUT2D eigenvalue weighted by Gasteiger charge is -2.27. The molecule has 2 aliphatic rings. The highest BCUT2D eigenvalue weighted by Gasteiger charge is 2.59. The third kappa shape index (κ3) is 3.81. The molecule has 25 heavy (non-hydrogen) atoms. The zero-order chi connectivity index (χ0) is 18.2. The Kier molecular flexibility index (Phi) is 5.33. The molecule has 0 aromatic heterocycles. The van der Waals surface area contributed by atoms with Gasteiger partial charge in [-0.1, -0.05) is 18.2 Å². The first-order chi connectivity index (χ1) is 11.8. The van der Waals surface area contributed by atoms with E-state index < -0.39 is 46.8 Å². The molecular weight excluding hydrogens is 350 g/mol. The Bertz CT molecular complexity index is 614. The van der Waals surface area contributed by atoms with E-state index in [0.717, 1.165) is 11.8 Å². The molecule has 2 fully saturated rings. The second-order valence-corrected chi connectivity index (χ2v) is 7.56. The van der Waals surface area contributed by atoms with Gasteiger partial charge in [-0.15, -0.1) is 0 Å². The number of ether oxygens (including phenoxy) is 4. The molecular formula is C16H21NO7S. The quantitative estimate of drug-likeness (QED) is 0.349. The van der Waals surface area contributed by atoms with Gasteiger partial charge < -0.3 is 24.1 Å². The monoisotopic (exact) mass is 371 g/mol. The molecule has 0 amide bonds. The van der Waals surface area contributed by atoms with Crippen molar-refractivity contribution in [2.45, 2.75) is 60.6 Å². The maximum absolute atomic E-state index is 11.5. The third-order valence-electron chi connectivity index (χ3n) is 4.12. The fourth-order valence-electron chi connectivity index (χ4n) is 3.09. The van der Waals surface area contributed by atoms with Gasteiger partial charge in [-0.25, -0.2) is 0 Å². The van der Waals surface area contributed by atoms with Crippen LogP contribution in [0.4, 0.5) is 0 Å². The number of thioether (sulfide) groups is 1. The van der Waals surface area contributed by atoms with E-state index in [0.29, 0.717) is 4.90 Å². The number of methoxy groups -OCH3 is 1. The third-order valence-corrected chi connectivity index (χ3v) is 5.35. The normalized spacial score (nSPS) is 33.0. The molecule has 2 aliphatic heterocycles. The molecule has 6 atom stereocenters. The van der Waals surface area contributed by atoms with Crippen molar-refractivity contribution < 1.29 is 29.0 Å². The Labute approximate surface area is 149 Å². The molecule has 0 saturated carbocycles. The maximum Gasteiger partial charge on any atom is 0.290 e. The molecule has 1 N–H and O–H groups in total. The number of hydrogen-bond donors (Lipinski definition) is 1. The summed E-state index contributed by atoms with van der Waals surface area (Å²) in [6.45, 7) is 3.48. The predicted octanol–water partition coefficient (Wildman–Crippen LogP) is 1.63. The van der Waals surface area contributed by atoms with Crippen molar-refractivity contribution in [3.63, 3.8) is 0 Å². The summed E-state index contributed by atoms with van der Waals surface area (Å²) in [5.74, 6) is -0.870. The number of aliphatic hydroxyl groups is 1. The Balaban J connectivity index is 1.79. The predicted molar refractivity (Wildman–Crippen MR) is 88.6 cm³/mol. The summed E-state index contributed by atoms with van der Waals surface area (Å²) in [4.78, 5) is 11.7. The topological polar surface area (TPSA) is 100 Å². The highest BCUT2D eigenvalue weighted by atomic mass is 32.2. The largest absolute Gasteiger partial charge is 0.382 e. The lowest BCUT2D eigenvalue weighted by Crippen LogP contribution is -2.46. The first kappa shape index (κ1) is 18.6. The van der Waals surface area contributed by atoms with Crippen molar-refractivity contribution in [2.75, 3.05) is 7.11 Å². The van der Waals surface area contributed by atoms with Crippen molar-refractivity contribution >= 4 is 11.8 Å². The van der Waals surface area contributed by atoms with Crippen molar-refractivity contribution in [3.05, 3.63) is 40.4 Å². The van der Waals surface area contributed by atoms with Crippen LogP contribution in [0, 0.1) is 10.1 Å². The van der Waals surface area contributed by atoms with Crippen LogP contribution in [0.1, 0.15) is 13.8 Å². The minimum Gasteiger partial charge on any atom is -0.382 e. The van der Waals surface area contributed by atoms with Crippen LogP contribution in [0.3, 0.4) is 0 Å². The van der Waals surface area contributed by atoms with E-state index in [4.69, 9.17) is 18.9 Å². The van der Waals surface area contributed by atoms with Crippen molar-refractivity contribution in [1.82, 2.24) is 0 Å². The molecule has 5 unspecified atom stereocenters. The minimum absolute atomic E-state index is 0.512. The number of fused-ring (bicyclic) bond motifs is 1. The van der Waals surface area contributed by atoms with Crippen LogP contribution in [0.25, 0.3) is 0 Å². The zero-order valence-corrected chi connectivity index (χ0v) is 14.9. The van der Waals surface area contributed by atoms with Gasteiger partial charge in [0.15, 0.2) is 18.2 Å². The van der Waals surface area contributed by atoms with E-state index in [1.807, 2.05) is 6.07 Å². The Morgan fingerprint density at radius 1 is 1.28 bits per heavy atom. The fourth-order valence-corrected chi connectivity index (χ4v) is 4.07. The van der Waals surface area contributed by atoms with E-state index in [-0.39, 0.29) is 0 Å². The molecule has 138 valence electrons. The molecule has 2 saturated heterocycles. The van der Waals surface area contributed by atoms with E-state index in [1.165, 1.54) is 7.11 Å². The second kappa shape index (κ2) is 7.18. The molecule has 1 aromatic carbocycles. The summed E-state index contributed by atoms with van der Waals surface area (Å²) in [5, 5.41) is 20.9. The number of benzene rings is 1. The molecule has 0 radical (unpaired) electrons. The lowest BCUT2D eigenvalue weighted by atomic mass is 10.1.